The number of thiazole rings is 1. The SMILES string of the molecule is COc1cccc(C(=O)N(Cc2ccccn2)c2nc3c(C)c(C)ccc3s2)c1. The Morgan fingerprint density at radius 3 is 2.72 bits per heavy atom. The maximum Gasteiger partial charge on any atom is 0.260 e. The van der Waals surface area contributed by atoms with Gasteiger partial charge in [0, 0.05) is 11.8 Å². The van der Waals surface area contributed by atoms with Crippen LogP contribution in [0, 0.1) is 13.8 Å². The molecule has 0 atom stereocenters. The highest BCUT2D eigenvalue weighted by Crippen LogP contribution is 2.33. The Morgan fingerprint density at radius 1 is 1.10 bits per heavy atom. The Kier molecular flexibility index (Phi) is 5.27. The third kappa shape index (κ3) is 3.84. The lowest BCUT2D eigenvalue weighted by Crippen LogP contribution is -2.30. The van der Waals surface area contributed by atoms with E-state index in [-0.39, 0.29) is 5.91 Å². The van der Waals surface area contributed by atoms with Crippen molar-refractivity contribution in [1.29, 1.82) is 0 Å². The van der Waals surface area contributed by atoms with Crippen LogP contribution in [0.3, 0.4) is 0 Å². The van der Waals surface area contributed by atoms with Crippen LogP contribution in [0.5, 0.6) is 5.75 Å². The van der Waals surface area contributed by atoms with Crippen molar-refractivity contribution >= 4 is 32.6 Å². The van der Waals surface area contributed by atoms with E-state index in [9.17, 15) is 4.79 Å². The van der Waals surface area contributed by atoms with Gasteiger partial charge in [-0.05, 0) is 61.4 Å². The van der Waals surface area contributed by atoms with Gasteiger partial charge in [-0.15, -0.1) is 0 Å². The van der Waals surface area contributed by atoms with E-state index in [1.165, 1.54) is 16.9 Å². The van der Waals surface area contributed by atoms with Gasteiger partial charge in [0.1, 0.15) is 5.75 Å². The molecule has 0 aliphatic rings. The second kappa shape index (κ2) is 8.01. The van der Waals surface area contributed by atoms with Gasteiger partial charge in [0.15, 0.2) is 5.13 Å². The maximum atomic E-state index is 13.5. The molecule has 0 bridgehead atoms. The quantitative estimate of drug-likeness (QED) is 0.462. The highest BCUT2D eigenvalue weighted by molar-refractivity contribution is 7.22. The number of carbonyl (C=O) groups is 1. The minimum Gasteiger partial charge on any atom is -0.497 e. The molecule has 5 nitrogen and oxygen atoms in total. The molecule has 0 spiro atoms. The van der Waals surface area contributed by atoms with E-state index in [2.05, 4.69) is 31.0 Å². The van der Waals surface area contributed by atoms with Crippen LogP contribution in [0.25, 0.3) is 10.2 Å². The van der Waals surface area contributed by atoms with Gasteiger partial charge in [0.25, 0.3) is 5.91 Å². The fraction of sp³-hybridized carbons (Fsp3) is 0.174. The summed E-state index contributed by atoms with van der Waals surface area (Å²) in [5.74, 6) is 0.507. The van der Waals surface area contributed by atoms with Crippen molar-refractivity contribution in [3.05, 3.63) is 83.2 Å². The maximum absolute atomic E-state index is 13.5. The highest BCUT2D eigenvalue weighted by Gasteiger charge is 2.23. The van der Waals surface area contributed by atoms with Crippen LogP contribution in [0.4, 0.5) is 5.13 Å². The standard InChI is InChI=1S/C23H21N3O2S/c1-15-10-11-20-21(16(15)2)25-23(29-20)26(14-18-8-4-5-12-24-18)22(27)17-7-6-9-19(13-17)28-3/h4-13H,14H2,1-3H3. The second-order valence-corrected chi connectivity index (χ2v) is 7.80. The molecule has 146 valence electrons. The highest BCUT2D eigenvalue weighted by atomic mass is 32.1. The van der Waals surface area contributed by atoms with Crippen molar-refractivity contribution in [3.63, 3.8) is 0 Å². The van der Waals surface area contributed by atoms with Gasteiger partial charge in [-0.1, -0.05) is 29.5 Å². The Labute approximate surface area is 173 Å². The van der Waals surface area contributed by atoms with E-state index in [0.717, 1.165) is 21.5 Å². The summed E-state index contributed by atoms with van der Waals surface area (Å²) in [6.45, 7) is 4.48. The van der Waals surface area contributed by atoms with Crippen LogP contribution in [0.1, 0.15) is 27.2 Å². The fourth-order valence-corrected chi connectivity index (χ4v) is 4.14. The zero-order valence-electron chi connectivity index (χ0n) is 16.5. The van der Waals surface area contributed by atoms with Crippen LogP contribution in [0.2, 0.25) is 0 Å². The van der Waals surface area contributed by atoms with Crippen LogP contribution in [0.15, 0.2) is 60.8 Å². The number of hydrogen-bond acceptors (Lipinski definition) is 5. The van der Waals surface area contributed by atoms with Crippen molar-refractivity contribution in [3.8, 4) is 5.75 Å². The average molecular weight is 404 g/mol. The number of ether oxygens (including phenoxy) is 1. The van der Waals surface area contributed by atoms with Gasteiger partial charge in [-0.3, -0.25) is 14.7 Å². The van der Waals surface area contributed by atoms with Crippen LogP contribution in [-0.4, -0.2) is 23.0 Å². The van der Waals surface area contributed by atoms with Gasteiger partial charge >= 0.3 is 0 Å². The Hall–Kier alpha value is -3.25. The van der Waals surface area contributed by atoms with Crippen LogP contribution < -0.4 is 9.64 Å². The first-order valence-corrected chi connectivity index (χ1v) is 10.1. The van der Waals surface area contributed by atoms with Crippen LogP contribution in [-0.2, 0) is 6.54 Å². The van der Waals surface area contributed by atoms with Crippen molar-refractivity contribution in [2.75, 3.05) is 12.0 Å². The van der Waals surface area contributed by atoms with Crippen molar-refractivity contribution < 1.29 is 9.53 Å². The Balaban J connectivity index is 1.80. The molecule has 0 aliphatic carbocycles. The lowest BCUT2D eigenvalue weighted by Gasteiger charge is -2.20. The smallest absolute Gasteiger partial charge is 0.260 e. The monoisotopic (exact) mass is 403 g/mol. The first-order valence-electron chi connectivity index (χ1n) is 9.29. The number of carbonyl (C=O) groups excluding carboxylic acids is 1. The summed E-state index contributed by atoms with van der Waals surface area (Å²) in [6, 6.07) is 17.0. The lowest BCUT2D eigenvalue weighted by molar-refractivity contribution is 0.0984. The van der Waals surface area contributed by atoms with Gasteiger partial charge < -0.3 is 4.74 Å². The number of aromatic nitrogens is 2. The van der Waals surface area contributed by atoms with E-state index in [4.69, 9.17) is 9.72 Å². The summed E-state index contributed by atoms with van der Waals surface area (Å²) in [6.07, 6.45) is 1.73. The summed E-state index contributed by atoms with van der Waals surface area (Å²) >= 11 is 1.52. The minimum atomic E-state index is -0.136. The molecule has 2 aromatic carbocycles. The van der Waals surface area contributed by atoms with E-state index in [1.807, 2.05) is 30.3 Å². The average Bonchev–Trinajstić information content (AvgIpc) is 3.20. The number of benzene rings is 2. The molecule has 4 rings (SSSR count). The van der Waals surface area contributed by atoms with Crippen molar-refractivity contribution in [2.45, 2.75) is 20.4 Å². The summed E-state index contributed by atoms with van der Waals surface area (Å²) < 4.78 is 6.35. The number of anilines is 1. The molecular weight excluding hydrogens is 382 g/mol. The predicted octanol–water partition coefficient (Wildman–Crippen LogP) is 5.16. The molecule has 6 heteroatoms. The predicted molar refractivity (Wildman–Crippen MR) is 117 cm³/mol. The number of hydrogen-bond donors (Lipinski definition) is 0. The molecule has 2 aromatic heterocycles. The van der Waals surface area contributed by atoms with E-state index in [0.29, 0.717) is 23.0 Å². The number of methoxy groups -OCH3 is 1. The zero-order valence-corrected chi connectivity index (χ0v) is 17.4. The Bertz CT molecular complexity index is 1170. The molecule has 4 aromatic rings. The number of nitrogens with zero attached hydrogens (tertiary/aromatic N) is 3. The molecule has 29 heavy (non-hydrogen) atoms. The first-order chi connectivity index (χ1) is 14.1. The molecule has 0 radical (unpaired) electrons. The largest absolute Gasteiger partial charge is 0.497 e. The normalized spacial score (nSPS) is 10.9. The topological polar surface area (TPSA) is 55.3 Å². The first kappa shape index (κ1) is 19.1. The van der Waals surface area contributed by atoms with Gasteiger partial charge in [-0.25, -0.2) is 4.98 Å². The number of fused-ring (bicyclic) bond motifs is 1. The number of pyridine rings is 1. The molecule has 0 aliphatic heterocycles. The summed E-state index contributed by atoms with van der Waals surface area (Å²) in [5.41, 5.74) is 4.61. The van der Waals surface area contributed by atoms with Crippen molar-refractivity contribution in [1.82, 2.24) is 9.97 Å². The number of aryl methyl sites for hydroxylation is 2. The van der Waals surface area contributed by atoms with Gasteiger partial charge in [-0.2, -0.15) is 0 Å². The summed E-state index contributed by atoms with van der Waals surface area (Å²) in [4.78, 5) is 24.4. The minimum absolute atomic E-state index is 0.136. The molecule has 0 unspecified atom stereocenters. The van der Waals surface area contributed by atoms with Crippen LogP contribution >= 0.6 is 11.3 Å². The molecule has 2 heterocycles. The molecule has 0 saturated carbocycles. The number of rotatable bonds is 5. The summed E-state index contributed by atoms with van der Waals surface area (Å²) in [5, 5.41) is 0.659. The fourth-order valence-electron chi connectivity index (χ4n) is 3.12. The molecule has 0 saturated heterocycles. The molecular formula is C23H21N3O2S. The van der Waals surface area contributed by atoms with E-state index < -0.39 is 0 Å². The van der Waals surface area contributed by atoms with E-state index >= 15 is 0 Å². The summed E-state index contributed by atoms with van der Waals surface area (Å²) in [7, 11) is 1.59. The van der Waals surface area contributed by atoms with Crippen molar-refractivity contribution in [2.24, 2.45) is 0 Å². The number of amides is 1. The second-order valence-electron chi connectivity index (χ2n) is 6.79. The molecule has 1 amide bonds. The lowest BCUT2D eigenvalue weighted by atomic mass is 10.1. The zero-order chi connectivity index (χ0) is 20.4. The third-order valence-corrected chi connectivity index (χ3v) is 5.96. The molecule has 0 N–H and O–H groups in total. The molecule has 0 fully saturated rings. The van der Waals surface area contributed by atoms with Gasteiger partial charge in [0.2, 0.25) is 0 Å². The third-order valence-electron chi connectivity index (χ3n) is 4.91. The Morgan fingerprint density at radius 2 is 1.97 bits per heavy atom. The van der Waals surface area contributed by atoms with Gasteiger partial charge in [0.05, 0.1) is 29.6 Å². The van der Waals surface area contributed by atoms with E-state index in [1.54, 1.807) is 30.3 Å².